The Hall–Kier alpha value is -1.66. The number of esters is 1. The molecule has 0 aromatic carbocycles. The summed E-state index contributed by atoms with van der Waals surface area (Å²) in [4.78, 5) is 24.5. The van der Waals surface area contributed by atoms with Crippen LogP contribution in [0.15, 0.2) is 24.3 Å². The summed E-state index contributed by atoms with van der Waals surface area (Å²) in [5.74, 6) is -0.0544. The zero-order valence-electron chi connectivity index (χ0n) is 46.6. The number of allylic oxidation sites excluding steroid dienone is 3. The van der Waals surface area contributed by atoms with Crippen molar-refractivity contribution >= 4 is 11.9 Å². The molecular weight excluding hydrogens is 851 g/mol. The molecule has 6 nitrogen and oxygen atoms in total. The maximum Gasteiger partial charge on any atom is 0.305 e. The molecular formula is C63H121NO5. The highest BCUT2D eigenvalue weighted by atomic mass is 16.5. The average molecular weight is 973 g/mol. The lowest BCUT2D eigenvalue weighted by atomic mass is 10.0. The number of unbranched alkanes of at least 4 members (excludes halogenated alkanes) is 45. The van der Waals surface area contributed by atoms with Gasteiger partial charge in [-0.05, 0) is 57.8 Å². The predicted octanol–water partition coefficient (Wildman–Crippen LogP) is 19.4. The van der Waals surface area contributed by atoms with Crippen LogP contribution in [0.3, 0.4) is 0 Å². The van der Waals surface area contributed by atoms with Gasteiger partial charge in [0.2, 0.25) is 5.91 Å². The van der Waals surface area contributed by atoms with Gasteiger partial charge >= 0.3 is 5.97 Å². The summed E-state index contributed by atoms with van der Waals surface area (Å²) in [7, 11) is 0. The summed E-state index contributed by atoms with van der Waals surface area (Å²) in [6.45, 7) is 4.92. The predicted molar refractivity (Wildman–Crippen MR) is 301 cm³/mol. The van der Waals surface area contributed by atoms with Crippen molar-refractivity contribution in [2.75, 3.05) is 13.2 Å². The number of aliphatic hydroxyl groups excluding tert-OH is 2. The van der Waals surface area contributed by atoms with Gasteiger partial charge in [-0.1, -0.05) is 295 Å². The number of amides is 1. The molecule has 0 aliphatic heterocycles. The van der Waals surface area contributed by atoms with E-state index in [9.17, 15) is 19.8 Å². The molecule has 0 aromatic rings. The molecule has 0 aliphatic carbocycles. The monoisotopic (exact) mass is 972 g/mol. The molecule has 408 valence electrons. The van der Waals surface area contributed by atoms with Crippen LogP contribution < -0.4 is 5.32 Å². The third-order valence-corrected chi connectivity index (χ3v) is 14.5. The molecule has 0 fully saturated rings. The van der Waals surface area contributed by atoms with Crippen LogP contribution in [0.5, 0.6) is 0 Å². The molecule has 0 heterocycles. The van der Waals surface area contributed by atoms with Crippen molar-refractivity contribution in [3.8, 4) is 0 Å². The normalized spacial score (nSPS) is 12.7. The van der Waals surface area contributed by atoms with Crippen molar-refractivity contribution in [2.45, 2.75) is 353 Å². The molecule has 69 heavy (non-hydrogen) atoms. The fourth-order valence-corrected chi connectivity index (χ4v) is 9.69. The molecule has 1 amide bonds. The molecule has 0 saturated carbocycles. The van der Waals surface area contributed by atoms with Crippen LogP contribution in [0.2, 0.25) is 0 Å². The van der Waals surface area contributed by atoms with E-state index in [0.29, 0.717) is 19.4 Å². The fraction of sp³-hybridized carbons (Fsp3) is 0.905. The van der Waals surface area contributed by atoms with Gasteiger partial charge in [0.1, 0.15) is 0 Å². The number of aliphatic hydroxyl groups is 2. The molecule has 2 unspecified atom stereocenters. The van der Waals surface area contributed by atoms with Crippen molar-refractivity contribution in [3.05, 3.63) is 24.3 Å². The minimum atomic E-state index is -0.845. The Balaban J connectivity index is 3.41. The largest absolute Gasteiger partial charge is 0.466 e. The first-order chi connectivity index (χ1) is 34.0. The van der Waals surface area contributed by atoms with Gasteiger partial charge in [-0.3, -0.25) is 9.59 Å². The zero-order valence-corrected chi connectivity index (χ0v) is 46.6. The van der Waals surface area contributed by atoms with Crippen LogP contribution in [0.1, 0.15) is 341 Å². The lowest BCUT2D eigenvalue weighted by Crippen LogP contribution is -2.45. The van der Waals surface area contributed by atoms with E-state index in [1.165, 1.54) is 276 Å². The van der Waals surface area contributed by atoms with E-state index >= 15 is 0 Å². The van der Waals surface area contributed by atoms with Crippen LogP contribution in [-0.4, -0.2) is 47.4 Å². The summed E-state index contributed by atoms with van der Waals surface area (Å²) in [5, 5.41) is 23.1. The fourth-order valence-electron chi connectivity index (χ4n) is 9.69. The maximum absolute atomic E-state index is 12.5. The molecule has 0 radical (unpaired) electrons. The number of rotatable bonds is 58. The Labute approximate surface area is 431 Å². The number of carbonyl (C=O) groups excluding carboxylic acids is 2. The minimum absolute atomic E-state index is 0.0138. The average Bonchev–Trinajstić information content (AvgIpc) is 3.35. The second-order valence-electron chi connectivity index (χ2n) is 21.4. The Kier molecular flexibility index (Phi) is 57.5. The molecule has 0 saturated heterocycles. The van der Waals surface area contributed by atoms with Crippen LogP contribution in [-0.2, 0) is 14.3 Å². The number of carbonyl (C=O) groups is 2. The third-order valence-electron chi connectivity index (χ3n) is 14.5. The van der Waals surface area contributed by atoms with E-state index in [2.05, 4.69) is 31.3 Å². The maximum atomic E-state index is 12.5. The summed E-state index contributed by atoms with van der Waals surface area (Å²) < 4.78 is 5.47. The molecule has 6 heteroatoms. The zero-order chi connectivity index (χ0) is 50.0. The van der Waals surface area contributed by atoms with E-state index in [1.807, 2.05) is 6.08 Å². The van der Waals surface area contributed by atoms with Crippen LogP contribution in [0.4, 0.5) is 0 Å². The van der Waals surface area contributed by atoms with Gasteiger partial charge < -0.3 is 20.3 Å². The van der Waals surface area contributed by atoms with Crippen molar-refractivity contribution in [3.63, 3.8) is 0 Å². The summed E-state index contributed by atoms with van der Waals surface area (Å²) in [6.07, 6.45) is 72.2. The quantitative estimate of drug-likeness (QED) is 0.0321. The first-order valence-electron chi connectivity index (χ1n) is 31.1. The van der Waals surface area contributed by atoms with Gasteiger partial charge in [-0.25, -0.2) is 0 Å². The number of nitrogens with one attached hydrogen (secondary N) is 1. The van der Waals surface area contributed by atoms with Gasteiger partial charge in [0.25, 0.3) is 0 Å². The van der Waals surface area contributed by atoms with Crippen LogP contribution in [0, 0.1) is 0 Å². The summed E-state index contributed by atoms with van der Waals surface area (Å²) >= 11 is 0. The topological polar surface area (TPSA) is 95.9 Å². The van der Waals surface area contributed by atoms with E-state index in [4.69, 9.17) is 4.74 Å². The number of hydrogen-bond acceptors (Lipinski definition) is 5. The smallest absolute Gasteiger partial charge is 0.305 e. The minimum Gasteiger partial charge on any atom is -0.466 e. The SMILES string of the molecule is CCCCCCCCCCCCCCC/C=C/C(O)C(CO)NC(=O)CCCCCCCCCCCC/C=C\CCCCCCCCCCCCCCOC(=O)CCCCCCCCCCCCC. The molecule has 0 aliphatic rings. The molecule has 0 spiro atoms. The first-order valence-corrected chi connectivity index (χ1v) is 31.1. The highest BCUT2D eigenvalue weighted by Crippen LogP contribution is 2.17. The second kappa shape index (κ2) is 58.9. The van der Waals surface area contributed by atoms with E-state index < -0.39 is 12.1 Å². The van der Waals surface area contributed by atoms with Crippen LogP contribution in [0.25, 0.3) is 0 Å². The highest BCUT2D eigenvalue weighted by molar-refractivity contribution is 5.76. The number of hydrogen-bond donors (Lipinski definition) is 3. The van der Waals surface area contributed by atoms with Crippen molar-refractivity contribution in [2.24, 2.45) is 0 Å². The Morgan fingerprint density at radius 1 is 0.391 bits per heavy atom. The molecule has 0 aromatic heterocycles. The highest BCUT2D eigenvalue weighted by Gasteiger charge is 2.18. The Morgan fingerprint density at radius 3 is 1.03 bits per heavy atom. The lowest BCUT2D eigenvalue weighted by molar-refractivity contribution is -0.143. The molecule has 2 atom stereocenters. The van der Waals surface area contributed by atoms with Crippen molar-refractivity contribution < 1.29 is 24.5 Å². The van der Waals surface area contributed by atoms with Gasteiger partial charge in [0, 0.05) is 12.8 Å². The van der Waals surface area contributed by atoms with Crippen molar-refractivity contribution in [1.82, 2.24) is 5.32 Å². The van der Waals surface area contributed by atoms with Gasteiger partial charge in [0.05, 0.1) is 25.4 Å². The van der Waals surface area contributed by atoms with E-state index in [1.54, 1.807) is 6.08 Å². The molecule has 0 rings (SSSR count). The van der Waals surface area contributed by atoms with Crippen LogP contribution >= 0.6 is 0 Å². The van der Waals surface area contributed by atoms with E-state index in [0.717, 1.165) is 38.5 Å². The van der Waals surface area contributed by atoms with Gasteiger partial charge in [-0.2, -0.15) is 0 Å². The Bertz CT molecular complexity index is 1080. The molecule has 3 N–H and O–H groups in total. The standard InChI is InChI=1S/C63H121NO5/c1-3-5-7-9-11-13-15-16-29-32-36-39-43-47-51-55-61(66)60(59-65)64-62(67)56-52-48-44-40-37-33-30-27-25-23-21-19-17-18-20-22-24-26-28-31-34-38-42-46-50-54-58-69-63(68)57-53-49-45-41-35-14-12-10-8-6-4-2/h17,19,51,55,60-61,65-66H,3-16,18,20-50,52-54,56-59H2,1-2H3,(H,64,67)/b19-17-,55-51+. The third kappa shape index (κ3) is 55.5. The van der Waals surface area contributed by atoms with E-state index in [-0.39, 0.29) is 18.5 Å². The summed E-state index contributed by atoms with van der Waals surface area (Å²) in [5.41, 5.74) is 0. The first kappa shape index (κ1) is 67.3. The Morgan fingerprint density at radius 2 is 0.681 bits per heavy atom. The number of ether oxygens (including phenoxy) is 1. The second-order valence-corrected chi connectivity index (χ2v) is 21.4. The summed E-state index contributed by atoms with van der Waals surface area (Å²) in [6, 6.07) is -0.628. The van der Waals surface area contributed by atoms with Gasteiger partial charge in [0.15, 0.2) is 0 Å². The molecule has 0 bridgehead atoms. The van der Waals surface area contributed by atoms with Crippen molar-refractivity contribution in [1.29, 1.82) is 0 Å². The lowest BCUT2D eigenvalue weighted by Gasteiger charge is -2.20. The van der Waals surface area contributed by atoms with Gasteiger partial charge in [-0.15, -0.1) is 0 Å².